The molecule has 8 heteroatoms. The molecule has 0 spiro atoms. The summed E-state index contributed by atoms with van der Waals surface area (Å²) in [6.45, 7) is 4.35. The molecule has 0 aliphatic rings. The molecule has 6 aromatic carbocycles. The van der Waals surface area contributed by atoms with Crippen molar-refractivity contribution in [3.63, 3.8) is 0 Å². The number of aromatic nitrogens is 6. The molecule has 11 rings (SSSR count). The molecule has 0 radical (unpaired) electrons. The molecule has 0 unspecified atom stereocenters. The number of nitrogens with zero attached hydrogens (tertiary/aromatic N) is 6. The fraction of sp³-hybridized carbons (Fsp3) is 0.0455. The Bertz CT molecular complexity index is 3250. The molecular formula is C44H26N6OPd. The summed E-state index contributed by atoms with van der Waals surface area (Å²) in [7, 11) is 0. The van der Waals surface area contributed by atoms with Crippen molar-refractivity contribution < 1.29 is 25.2 Å². The summed E-state index contributed by atoms with van der Waals surface area (Å²) in [5.41, 5.74) is 13.0. The Morgan fingerprint density at radius 1 is 0.538 bits per heavy atom. The smallest absolute Gasteiger partial charge is 0.497 e. The summed E-state index contributed by atoms with van der Waals surface area (Å²) >= 11 is 0. The van der Waals surface area contributed by atoms with Gasteiger partial charge in [-0.3, -0.25) is 15.0 Å². The third kappa shape index (κ3) is 4.35. The second-order valence-electron chi connectivity index (χ2n) is 13.1. The summed E-state index contributed by atoms with van der Waals surface area (Å²) in [5.74, 6) is 1.13. The molecule has 0 saturated carbocycles. The Morgan fingerprint density at radius 2 is 1.13 bits per heavy atom. The van der Waals surface area contributed by atoms with Crippen LogP contribution in [0, 0.1) is 26.0 Å². The number of hydrogen-bond acceptors (Lipinski definition) is 5. The largest absolute Gasteiger partial charge is 2.00 e. The quantitative estimate of drug-likeness (QED) is 0.102. The summed E-state index contributed by atoms with van der Waals surface area (Å²) in [4.78, 5) is 19.5. The molecule has 0 atom stereocenters. The normalized spacial score (nSPS) is 11.9. The van der Waals surface area contributed by atoms with Crippen LogP contribution in [-0.2, 0) is 20.4 Å². The Labute approximate surface area is 310 Å². The van der Waals surface area contributed by atoms with Gasteiger partial charge in [0.25, 0.3) is 0 Å². The van der Waals surface area contributed by atoms with E-state index in [1.54, 1.807) is 12.4 Å². The van der Waals surface area contributed by atoms with E-state index < -0.39 is 0 Å². The maximum Gasteiger partial charge on any atom is 2.00 e. The zero-order valence-electron chi connectivity index (χ0n) is 28.0. The molecule has 5 aromatic heterocycles. The van der Waals surface area contributed by atoms with Gasteiger partial charge < -0.3 is 13.5 Å². The Balaban J connectivity index is 0.00000338. The number of rotatable bonds is 3. The van der Waals surface area contributed by atoms with Crippen molar-refractivity contribution in [2.24, 2.45) is 0 Å². The molecule has 11 aromatic rings. The molecule has 0 amide bonds. The minimum absolute atomic E-state index is 0. The zero-order chi connectivity index (χ0) is 33.8. The predicted octanol–water partition coefficient (Wildman–Crippen LogP) is 10.4. The third-order valence-corrected chi connectivity index (χ3v) is 10.1. The van der Waals surface area contributed by atoms with Gasteiger partial charge >= 0.3 is 20.4 Å². The van der Waals surface area contributed by atoms with E-state index in [4.69, 9.17) is 24.7 Å². The first-order chi connectivity index (χ1) is 25.1. The minimum atomic E-state index is 0. The van der Waals surface area contributed by atoms with Crippen LogP contribution in [0.5, 0.6) is 11.5 Å². The van der Waals surface area contributed by atoms with E-state index >= 15 is 0 Å². The van der Waals surface area contributed by atoms with E-state index in [0.29, 0.717) is 11.5 Å². The van der Waals surface area contributed by atoms with Gasteiger partial charge in [-0.2, -0.15) is 0 Å². The summed E-state index contributed by atoms with van der Waals surface area (Å²) in [6, 6.07) is 44.7. The van der Waals surface area contributed by atoms with Gasteiger partial charge in [0.2, 0.25) is 0 Å². The molecule has 0 aliphatic heterocycles. The minimum Gasteiger partial charge on any atom is -0.497 e. The Morgan fingerprint density at radius 3 is 1.87 bits per heavy atom. The van der Waals surface area contributed by atoms with E-state index in [0.717, 1.165) is 77.0 Å². The number of fused-ring (bicyclic) bond motifs is 16. The van der Waals surface area contributed by atoms with Gasteiger partial charge in [-0.15, -0.1) is 12.1 Å². The summed E-state index contributed by atoms with van der Waals surface area (Å²) < 4.78 is 10.9. The van der Waals surface area contributed by atoms with Crippen molar-refractivity contribution in [3.05, 3.63) is 145 Å². The second-order valence-corrected chi connectivity index (χ2v) is 13.1. The summed E-state index contributed by atoms with van der Waals surface area (Å²) in [6.07, 6.45) is 3.43. The topological polar surface area (TPSA) is 69.6 Å². The average Bonchev–Trinajstić information content (AvgIpc) is 3.75. The van der Waals surface area contributed by atoms with Gasteiger partial charge in [0.1, 0.15) is 5.65 Å². The van der Waals surface area contributed by atoms with Crippen LogP contribution in [0.3, 0.4) is 0 Å². The van der Waals surface area contributed by atoms with E-state index in [2.05, 4.69) is 95.4 Å². The predicted molar refractivity (Wildman–Crippen MR) is 204 cm³/mol. The Kier molecular flexibility index (Phi) is 6.72. The number of imidazole rings is 2. The van der Waals surface area contributed by atoms with Crippen LogP contribution in [0.1, 0.15) is 11.1 Å². The first-order valence-corrected chi connectivity index (χ1v) is 16.9. The SMILES string of the molecule is Cc1cccc(C)c1-c1ccc2c3ccc(Oc4[c-]c5c(cc4)c4nccnc4n4c6ccccc6nc54)[c-]c3c3nc4ccccc4n3c2c1.[Pd+2]. The fourth-order valence-electron chi connectivity index (χ4n) is 7.86. The third-order valence-electron chi connectivity index (χ3n) is 10.1. The van der Waals surface area contributed by atoms with Crippen LogP contribution in [-0.4, -0.2) is 28.7 Å². The number of para-hydroxylation sites is 4. The zero-order valence-corrected chi connectivity index (χ0v) is 29.5. The van der Waals surface area contributed by atoms with Crippen LogP contribution in [0.4, 0.5) is 0 Å². The van der Waals surface area contributed by atoms with Crippen LogP contribution in [0.15, 0.2) is 122 Å². The van der Waals surface area contributed by atoms with Gasteiger partial charge in [0.15, 0.2) is 0 Å². The van der Waals surface area contributed by atoms with Crippen LogP contribution >= 0.6 is 0 Å². The first-order valence-electron chi connectivity index (χ1n) is 16.9. The van der Waals surface area contributed by atoms with Gasteiger partial charge in [0, 0.05) is 29.4 Å². The molecule has 0 saturated heterocycles. The molecule has 0 fully saturated rings. The number of aryl methyl sites for hydroxylation is 2. The molecule has 52 heavy (non-hydrogen) atoms. The van der Waals surface area contributed by atoms with E-state index in [1.165, 1.54) is 22.3 Å². The number of benzene rings is 6. The second kappa shape index (κ2) is 11.4. The van der Waals surface area contributed by atoms with Crippen molar-refractivity contribution >= 4 is 77.0 Å². The number of hydrogen-bond donors (Lipinski definition) is 0. The maximum absolute atomic E-state index is 6.55. The van der Waals surface area contributed by atoms with Gasteiger partial charge in [-0.25, -0.2) is 4.98 Å². The average molecular weight is 761 g/mol. The van der Waals surface area contributed by atoms with Gasteiger partial charge in [-0.1, -0.05) is 100 Å². The van der Waals surface area contributed by atoms with E-state index in [9.17, 15) is 0 Å². The fourth-order valence-corrected chi connectivity index (χ4v) is 7.86. The molecule has 0 N–H and O–H groups in total. The van der Waals surface area contributed by atoms with E-state index in [1.807, 2.05) is 48.5 Å². The van der Waals surface area contributed by atoms with Gasteiger partial charge in [-0.05, 0) is 71.8 Å². The first kappa shape index (κ1) is 30.6. The van der Waals surface area contributed by atoms with Crippen molar-refractivity contribution in [2.45, 2.75) is 13.8 Å². The van der Waals surface area contributed by atoms with E-state index in [-0.39, 0.29) is 20.4 Å². The molecule has 5 heterocycles. The number of pyridine rings is 2. The number of ether oxygens (including phenoxy) is 1. The molecular weight excluding hydrogens is 735 g/mol. The summed E-state index contributed by atoms with van der Waals surface area (Å²) in [5, 5.41) is 4.79. The van der Waals surface area contributed by atoms with Gasteiger partial charge in [0.05, 0.1) is 38.9 Å². The van der Waals surface area contributed by atoms with Crippen LogP contribution in [0.2, 0.25) is 0 Å². The monoisotopic (exact) mass is 760 g/mol. The van der Waals surface area contributed by atoms with Crippen LogP contribution in [0.25, 0.3) is 88.1 Å². The van der Waals surface area contributed by atoms with Crippen LogP contribution < -0.4 is 4.74 Å². The maximum atomic E-state index is 6.55. The van der Waals surface area contributed by atoms with Crippen molar-refractivity contribution in [1.82, 2.24) is 28.7 Å². The van der Waals surface area contributed by atoms with Crippen molar-refractivity contribution in [3.8, 4) is 22.6 Å². The van der Waals surface area contributed by atoms with Crippen molar-refractivity contribution in [1.29, 1.82) is 0 Å². The van der Waals surface area contributed by atoms with Crippen molar-refractivity contribution in [2.75, 3.05) is 0 Å². The molecule has 7 nitrogen and oxygen atoms in total. The standard InChI is InChI=1S/C44H26N6O.Pd/c1-25-8-7-9-26(2)40(25)27-14-17-31-30-18-15-28(23-33(30)42-47-35-10-3-5-12-37(35)49(42)39(31)22-27)51-29-16-19-32-34(24-29)43-48-36-11-4-6-13-38(36)50(43)44-41(32)45-20-21-46-44;/h3-22H,1-2H3;/q-2;+2. The molecule has 248 valence electrons. The molecule has 0 bridgehead atoms. The molecule has 0 aliphatic carbocycles. The Hall–Kier alpha value is -6.20.